The van der Waals surface area contributed by atoms with Crippen molar-refractivity contribution in [3.8, 4) is 0 Å². The Balaban J connectivity index is 3.51. The lowest BCUT2D eigenvalue weighted by atomic mass is 9.97. The molecule has 0 aliphatic heterocycles. The topological polar surface area (TPSA) is 43.4 Å². The van der Waals surface area contributed by atoms with E-state index >= 15 is 0 Å². The van der Waals surface area contributed by atoms with Gasteiger partial charge in [-0.25, -0.2) is 0 Å². The molecule has 0 N–H and O–H groups in total. The Morgan fingerprint density at radius 3 is 1.08 bits per heavy atom. The number of rotatable bonds is 30. The van der Waals surface area contributed by atoms with Gasteiger partial charge in [0.15, 0.2) is 0 Å². The Labute approximate surface area is 232 Å². The number of carbonyl (C=O) groups is 2. The molecule has 1 atom stereocenters. The van der Waals surface area contributed by atoms with Gasteiger partial charge in [0.1, 0.15) is 11.7 Å². The first-order valence-corrected chi connectivity index (χ1v) is 16.8. The standard InChI is InChI=1S/C34H66O3/c1-4-6-8-10-12-14-16-17-18-19-20-21-23-25-27-29-31-37-34(36)33(32(3)35)30-28-26-24-22-15-13-11-9-7-5-2/h33H,4-31H2,1-3H3. The Morgan fingerprint density at radius 2 is 0.757 bits per heavy atom. The maximum absolute atomic E-state index is 12.4. The van der Waals surface area contributed by atoms with Crippen LogP contribution in [-0.4, -0.2) is 18.4 Å². The van der Waals surface area contributed by atoms with Crippen LogP contribution in [0.15, 0.2) is 0 Å². The largest absolute Gasteiger partial charge is 0.465 e. The van der Waals surface area contributed by atoms with Gasteiger partial charge in [-0.1, -0.05) is 174 Å². The lowest BCUT2D eigenvalue weighted by molar-refractivity contribution is -0.152. The van der Waals surface area contributed by atoms with E-state index in [4.69, 9.17) is 4.74 Å². The molecule has 0 aromatic carbocycles. The van der Waals surface area contributed by atoms with E-state index in [1.807, 2.05) is 0 Å². The van der Waals surface area contributed by atoms with Crippen LogP contribution in [0.5, 0.6) is 0 Å². The number of unbranched alkanes of at least 4 members (excludes halogenated alkanes) is 24. The van der Waals surface area contributed by atoms with Gasteiger partial charge in [0.25, 0.3) is 0 Å². The van der Waals surface area contributed by atoms with E-state index in [0.29, 0.717) is 13.0 Å². The molecule has 0 fully saturated rings. The molecular weight excluding hydrogens is 456 g/mol. The summed E-state index contributed by atoms with van der Waals surface area (Å²) in [7, 11) is 0. The average Bonchev–Trinajstić information content (AvgIpc) is 2.88. The second-order valence-electron chi connectivity index (χ2n) is 11.6. The summed E-state index contributed by atoms with van der Waals surface area (Å²) in [5.74, 6) is -0.868. The second kappa shape index (κ2) is 29.7. The molecule has 0 aromatic rings. The minimum Gasteiger partial charge on any atom is -0.465 e. The molecule has 0 amide bonds. The van der Waals surface area contributed by atoms with Crippen molar-refractivity contribution in [3.63, 3.8) is 0 Å². The van der Waals surface area contributed by atoms with Crippen molar-refractivity contribution in [2.45, 2.75) is 194 Å². The molecule has 37 heavy (non-hydrogen) atoms. The highest BCUT2D eigenvalue weighted by molar-refractivity contribution is 5.97. The molecular formula is C34H66O3. The minimum absolute atomic E-state index is 0.0344. The molecule has 3 heteroatoms. The number of Topliss-reactive ketones (excluding diaryl/α,β-unsaturated/α-hetero) is 1. The van der Waals surface area contributed by atoms with Gasteiger partial charge >= 0.3 is 5.97 Å². The number of esters is 1. The highest BCUT2D eigenvalue weighted by Gasteiger charge is 2.24. The predicted molar refractivity (Wildman–Crippen MR) is 161 cm³/mol. The van der Waals surface area contributed by atoms with Gasteiger partial charge in [0.2, 0.25) is 0 Å². The van der Waals surface area contributed by atoms with Gasteiger partial charge in [-0.3, -0.25) is 9.59 Å². The lowest BCUT2D eigenvalue weighted by Crippen LogP contribution is -2.24. The second-order valence-corrected chi connectivity index (χ2v) is 11.6. The molecule has 0 aliphatic rings. The van der Waals surface area contributed by atoms with E-state index in [-0.39, 0.29) is 11.8 Å². The van der Waals surface area contributed by atoms with E-state index in [1.165, 1.54) is 148 Å². The Hall–Kier alpha value is -0.860. The SMILES string of the molecule is CCCCCCCCCCCCCCCCCCOC(=O)C(CCCCCCCCCCCC)C(C)=O. The summed E-state index contributed by atoms with van der Waals surface area (Å²) in [6, 6.07) is 0. The smallest absolute Gasteiger partial charge is 0.316 e. The number of ketones is 1. The van der Waals surface area contributed by atoms with Crippen LogP contribution in [0.4, 0.5) is 0 Å². The van der Waals surface area contributed by atoms with Crippen molar-refractivity contribution in [1.29, 1.82) is 0 Å². The molecule has 0 heterocycles. The van der Waals surface area contributed by atoms with E-state index in [9.17, 15) is 9.59 Å². The summed E-state index contributed by atoms with van der Waals surface area (Å²) in [6.45, 7) is 6.55. The van der Waals surface area contributed by atoms with Crippen LogP contribution in [-0.2, 0) is 14.3 Å². The summed E-state index contributed by atoms with van der Waals surface area (Å²) < 4.78 is 5.47. The van der Waals surface area contributed by atoms with Gasteiger partial charge in [-0.05, 0) is 19.8 Å². The first-order valence-electron chi connectivity index (χ1n) is 16.8. The number of hydrogen-bond donors (Lipinski definition) is 0. The van der Waals surface area contributed by atoms with Gasteiger partial charge < -0.3 is 4.74 Å². The fraction of sp³-hybridized carbons (Fsp3) is 0.941. The van der Waals surface area contributed by atoms with E-state index < -0.39 is 5.92 Å². The zero-order valence-electron chi connectivity index (χ0n) is 25.6. The normalized spacial score (nSPS) is 12.1. The summed E-state index contributed by atoms with van der Waals surface area (Å²) in [5.41, 5.74) is 0. The number of ether oxygens (including phenoxy) is 1. The van der Waals surface area contributed by atoms with E-state index in [0.717, 1.165) is 25.7 Å². The van der Waals surface area contributed by atoms with Crippen molar-refractivity contribution in [2.75, 3.05) is 6.61 Å². The zero-order chi connectivity index (χ0) is 27.2. The molecule has 0 rings (SSSR count). The van der Waals surface area contributed by atoms with Crippen LogP contribution in [0.2, 0.25) is 0 Å². The van der Waals surface area contributed by atoms with Gasteiger partial charge in [0.05, 0.1) is 6.61 Å². The van der Waals surface area contributed by atoms with Crippen molar-refractivity contribution in [2.24, 2.45) is 5.92 Å². The number of hydrogen-bond acceptors (Lipinski definition) is 3. The first-order chi connectivity index (χ1) is 18.1. The molecule has 1 unspecified atom stereocenters. The molecule has 0 saturated carbocycles. The molecule has 0 bridgehead atoms. The van der Waals surface area contributed by atoms with Crippen LogP contribution in [0.1, 0.15) is 194 Å². The summed E-state index contributed by atoms with van der Waals surface area (Å²) in [5, 5.41) is 0. The van der Waals surface area contributed by atoms with Crippen molar-refractivity contribution in [1.82, 2.24) is 0 Å². The van der Waals surface area contributed by atoms with Crippen molar-refractivity contribution < 1.29 is 14.3 Å². The van der Waals surface area contributed by atoms with Crippen LogP contribution >= 0.6 is 0 Å². The fourth-order valence-electron chi connectivity index (χ4n) is 5.25. The molecule has 0 aliphatic carbocycles. The predicted octanol–water partition coefficient (Wildman–Crippen LogP) is 11.3. The summed E-state index contributed by atoms with van der Waals surface area (Å²) >= 11 is 0. The Bertz CT molecular complexity index is 487. The van der Waals surface area contributed by atoms with Crippen LogP contribution in [0, 0.1) is 5.92 Å². The molecule has 0 aromatic heterocycles. The maximum atomic E-state index is 12.4. The third kappa shape index (κ3) is 26.5. The third-order valence-electron chi connectivity index (χ3n) is 7.86. The Morgan fingerprint density at radius 1 is 0.459 bits per heavy atom. The average molecular weight is 523 g/mol. The van der Waals surface area contributed by atoms with Crippen LogP contribution in [0.25, 0.3) is 0 Å². The first kappa shape index (κ1) is 36.1. The fourth-order valence-corrected chi connectivity index (χ4v) is 5.25. The van der Waals surface area contributed by atoms with Crippen LogP contribution in [0.3, 0.4) is 0 Å². The van der Waals surface area contributed by atoms with E-state index in [1.54, 1.807) is 0 Å². The monoisotopic (exact) mass is 523 g/mol. The van der Waals surface area contributed by atoms with Gasteiger partial charge in [-0.15, -0.1) is 0 Å². The zero-order valence-corrected chi connectivity index (χ0v) is 25.6. The van der Waals surface area contributed by atoms with Gasteiger partial charge in [-0.2, -0.15) is 0 Å². The van der Waals surface area contributed by atoms with Gasteiger partial charge in [0, 0.05) is 0 Å². The molecule has 0 spiro atoms. The number of carbonyl (C=O) groups excluding carboxylic acids is 2. The lowest BCUT2D eigenvalue weighted by Gasteiger charge is -2.13. The van der Waals surface area contributed by atoms with Crippen molar-refractivity contribution in [3.05, 3.63) is 0 Å². The molecule has 3 nitrogen and oxygen atoms in total. The third-order valence-corrected chi connectivity index (χ3v) is 7.86. The highest BCUT2D eigenvalue weighted by Crippen LogP contribution is 2.17. The summed E-state index contributed by atoms with van der Waals surface area (Å²) in [6.07, 6.45) is 34.7. The van der Waals surface area contributed by atoms with Crippen LogP contribution < -0.4 is 0 Å². The maximum Gasteiger partial charge on any atom is 0.316 e. The van der Waals surface area contributed by atoms with E-state index in [2.05, 4.69) is 13.8 Å². The quantitative estimate of drug-likeness (QED) is 0.0535. The molecule has 220 valence electrons. The Kier molecular flexibility index (Phi) is 29.0. The molecule has 0 radical (unpaired) electrons. The van der Waals surface area contributed by atoms with Crippen molar-refractivity contribution >= 4 is 11.8 Å². The summed E-state index contributed by atoms with van der Waals surface area (Å²) in [4.78, 5) is 24.4. The molecule has 0 saturated heterocycles. The highest BCUT2D eigenvalue weighted by atomic mass is 16.5. The minimum atomic E-state index is -0.546.